The first-order chi connectivity index (χ1) is 44.6. The Bertz CT molecular complexity index is 2630. The zero-order valence-corrected chi connectivity index (χ0v) is 61.8. The quantitative estimate of drug-likeness (QED) is 0.0629. The van der Waals surface area contributed by atoms with E-state index in [-0.39, 0.29) is 63.0 Å². The zero-order valence-electron chi connectivity index (χ0n) is 61.8. The van der Waals surface area contributed by atoms with Gasteiger partial charge in [-0.2, -0.15) is 0 Å². The van der Waals surface area contributed by atoms with Crippen molar-refractivity contribution in [3.8, 4) is 0 Å². The summed E-state index contributed by atoms with van der Waals surface area (Å²) >= 11 is 0. The molecule has 0 unspecified atom stereocenters. The van der Waals surface area contributed by atoms with Crippen molar-refractivity contribution in [2.45, 2.75) is 221 Å². The molecule has 96 heavy (non-hydrogen) atoms. The van der Waals surface area contributed by atoms with Gasteiger partial charge in [0.15, 0.2) is 0 Å². The summed E-state index contributed by atoms with van der Waals surface area (Å²) in [5.74, 6) is -10.7. The molecule has 0 aromatic heterocycles. The summed E-state index contributed by atoms with van der Waals surface area (Å²) in [5, 5.41) is 55.2. The Morgan fingerprint density at radius 2 is 0.990 bits per heavy atom. The standard InChI is InChI=1S/C68H122N12O16/c1-24-26-29-44(13)57(85)56-61(89)72-48(25-2)63(91)74(17)35-52(84)78(21)55(47(16)96-31-28-27-30-69-68(36-81,37-82)38-83)60(88)73-53(42(9)10)66(94)75(18)49(32-39(3)4)59(87)70-45(14)58(86)71-46(15)62(90)76(19)50(33-40(5)6)64(92)77(20)51(34-41(7)8)65(93)79(22)54(43(11)12)67(95)80(56)23/h24,26-28,39-51,53-57,69,81-83,85H,25,29-38H2,1-23H3,(H,70,87)(H,71,86)(H,72,89)(H,73,88)/b26-24+,28-27+/t44-,45+,46-,47-,48+,49+,50+,51+,53+,54+,55+,56+,57-/m1/s1. The molecule has 0 spiro atoms. The van der Waals surface area contributed by atoms with Crippen LogP contribution in [0.3, 0.4) is 0 Å². The second-order valence-electron chi connectivity index (χ2n) is 28.0. The van der Waals surface area contributed by atoms with E-state index in [0.29, 0.717) is 0 Å². The van der Waals surface area contributed by atoms with Gasteiger partial charge < -0.3 is 86.0 Å². The predicted molar refractivity (Wildman–Crippen MR) is 366 cm³/mol. The van der Waals surface area contributed by atoms with Crippen LogP contribution in [0.5, 0.6) is 0 Å². The van der Waals surface area contributed by atoms with Gasteiger partial charge in [-0.25, -0.2) is 0 Å². The summed E-state index contributed by atoms with van der Waals surface area (Å²) in [6.07, 6.45) is 4.55. The van der Waals surface area contributed by atoms with Gasteiger partial charge in [0.2, 0.25) is 65.0 Å². The topological polar surface area (TPSA) is 361 Å². The number of ether oxygens (including phenoxy) is 1. The lowest BCUT2D eigenvalue weighted by Gasteiger charge is -2.41. The number of hydrogen-bond donors (Lipinski definition) is 9. The third-order valence-electron chi connectivity index (χ3n) is 17.9. The Labute approximate surface area is 571 Å². The van der Waals surface area contributed by atoms with Crippen molar-refractivity contribution in [2.24, 2.45) is 35.5 Å². The number of nitrogens with zero attached hydrogens (tertiary/aromatic N) is 7. The summed E-state index contributed by atoms with van der Waals surface area (Å²) in [7, 11) is 9.61. The number of likely N-dealkylation sites (N-methyl/N-ethyl adjacent to an activating group) is 7. The van der Waals surface area contributed by atoms with E-state index in [0.717, 1.165) is 14.7 Å². The SMILES string of the molecule is C/C=C/C[C@@H](C)[C@@H](O)[C@H]1C(=O)N[C@@H](CC)C(=O)N(C)CC(=O)N(C)[C@@H]([C@@H](C)OC/C=C/CNC(CO)(CO)CO)C(=O)N[C@@H](C(C)C)C(=O)N(C)[C@@H](CC(C)C)C(=O)N[C@@H](C)C(=O)N[C@H](C)C(=O)N(C)[C@@H](CC(C)C)C(=O)N(C)[C@@H](CC(C)C)C(=O)N(C)[C@@H](C(C)C)C(=O)N1C. The number of nitrogens with one attached hydrogen (secondary N) is 5. The average molecular weight is 1360 g/mol. The molecule has 13 atom stereocenters. The highest BCUT2D eigenvalue weighted by Gasteiger charge is 2.46. The van der Waals surface area contributed by atoms with Crippen molar-refractivity contribution in [2.75, 3.05) is 88.9 Å². The number of rotatable bonds is 23. The molecule has 0 bridgehead atoms. The fourth-order valence-corrected chi connectivity index (χ4v) is 11.5. The molecule has 28 heteroatoms. The van der Waals surface area contributed by atoms with Gasteiger partial charge in [0, 0.05) is 55.9 Å². The summed E-state index contributed by atoms with van der Waals surface area (Å²) in [6, 6.07) is -13.3. The Morgan fingerprint density at radius 3 is 1.47 bits per heavy atom. The molecular weight excluding hydrogens is 1240 g/mol. The third-order valence-corrected chi connectivity index (χ3v) is 17.9. The second-order valence-corrected chi connectivity index (χ2v) is 28.0. The minimum absolute atomic E-state index is 0.0450. The lowest BCUT2D eigenvalue weighted by molar-refractivity contribution is -0.157. The third kappa shape index (κ3) is 24.7. The Hall–Kier alpha value is -6.59. The van der Waals surface area contributed by atoms with Crippen LogP contribution in [0.4, 0.5) is 0 Å². The summed E-state index contributed by atoms with van der Waals surface area (Å²) in [4.78, 5) is 170. The maximum absolute atomic E-state index is 15.2. The van der Waals surface area contributed by atoms with Crippen molar-refractivity contribution in [3.63, 3.8) is 0 Å². The Kier molecular flexibility index (Phi) is 37.3. The van der Waals surface area contributed by atoms with Gasteiger partial charge in [-0.15, -0.1) is 0 Å². The number of aliphatic hydroxyl groups is 4. The molecule has 0 saturated carbocycles. The van der Waals surface area contributed by atoms with Gasteiger partial charge in [0.05, 0.1) is 50.7 Å². The van der Waals surface area contributed by atoms with E-state index in [2.05, 4.69) is 26.6 Å². The van der Waals surface area contributed by atoms with E-state index in [4.69, 9.17) is 4.74 Å². The van der Waals surface area contributed by atoms with Gasteiger partial charge in [-0.1, -0.05) is 107 Å². The van der Waals surface area contributed by atoms with Crippen LogP contribution >= 0.6 is 0 Å². The number of carbonyl (C=O) groups is 11. The molecule has 1 aliphatic rings. The molecule has 0 aromatic rings. The van der Waals surface area contributed by atoms with Crippen molar-refractivity contribution in [3.05, 3.63) is 24.3 Å². The van der Waals surface area contributed by atoms with Crippen molar-refractivity contribution in [1.29, 1.82) is 0 Å². The second kappa shape index (κ2) is 41.0. The van der Waals surface area contributed by atoms with Gasteiger partial charge in [0.25, 0.3) is 0 Å². The lowest BCUT2D eigenvalue weighted by Crippen LogP contribution is -2.63. The highest BCUT2D eigenvalue weighted by molar-refractivity contribution is 5.99. The number of allylic oxidation sites excluding steroid dienone is 2. The number of carbonyl (C=O) groups excluding carboxylic acids is 11. The molecule has 550 valence electrons. The Balaban J connectivity index is 4.40. The first-order valence-electron chi connectivity index (χ1n) is 33.8. The van der Waals surface area contributed by atoms with Crippen LogP contribution in [0, 0.1) is 35.5 Å². The lowest BCUT2D eigenvalue weighted by atomic mass is 9.91. The molecule has 9 N–H and O–H groups in total. The van der Waals surface area contributed by atoms with Crippen LogP contribution in [0.15, 0.2) is 24.3 Å². The van der Waals surface area contributed by atoms with Crippen LogP contribution in [0.25, 0.3) is 0 Å². The van der Waals surface area contributed by atoms with Crippen LogP contribution in [-0.4, -0.2) is 287 Å². The largest absolute Gasteiger partial charge is 0.394 e. The van der Waals surface area contributed by atoms with Gasteiger partial charge >= 0.3 is 0 Å². The molecule has 1 fully saturated rings. The summed E-state index contributed by atoms with van der Waals surface area (Å²) in [6.45, 7) is 24.8. The van der Waals surface area contributed by atoms with E-state index in [1.807, 2.05) is 41.5 Å². The number of amides is 11. The highest BCUT2D eigenvalue weighted by Crippen LogP contribution is 2.26. The monoisotopic (exact) mass is 1360 g/mol. The molecule has 1 rings (SSSR count). The van der Waals surface area contributed by atoms with E-state index in [9.17, 15) is 58.8 Å². The van der Waals surface area contributed by atoms with E-state index in [1.54, 1.807) is 72.8 Å². The van der Waals surface area contributed by atoms with Crippen LogP contribution in [0.2, 0.25) is 0 Å². The highest BCUT2D eigenvalue weighted by atomic mass is 16.5. The average Bonchev–Trinajstić information content (AvgIpc) is 0.807. The van der Waals surface area contributed by atoms with Gasteiger partial charge in [-0.05, 0) is 95.3 Å². The predicted octanol–water partition coefficient (Wildman–Crippen LogP) is 0.489. The minimum Gasteiger partial charge on any atom is -0.394 e. The molecule has 11 amide bonds. The molecule has 1 aliphatic heterocycles. The van der Waals surface area contributed by atoms with Crippen LogP contribution in [-0.2, 0) is 57.5 Å². The summed E-state index contributed by atoms with van der Waals surface area (Å²) < 4.78 is 6.12. The number of aliphatic hydroxyl groups excluding tert-OH is 4. The first-order valence-corrected chi connectivity index (χ1v) is 33.8. The molecule has 0 aromatic carbocycles. The van der Waals surface area contributed by atoms with Crippen LogP contribution < -0.4 is 26.6 Å². The van der Waals surface area contributed by atoms with Crippen LogP contribution in [0.1, 0.15) is 143 Å². The number of hydrogen-bond acceptors (Lipinski definition) is 17. The van der Waals surface area contributed by atoms with Crippen molar-refractivity contribution >= 4 is 65.0 Å². The first kappa shape index (κ1) is 87.4. The maximum Gasteiger partial charge on any atom is 0.246 e. The molecule has 28 nitrogen and oxygen atoms in total. The normalized spacial score (nSPS) is 25.8. The minimum atomic E-state index is -1.67. The summed E-state index contributed by atoms with van der Waals surface area (Å²) in [5.41, 5.74) is -1.38. The van der Waals surface area contributed by atoms with E-state index >= 15 is 14.4 Å². The van der Waals surface area contributed by atoms with Crippen molar-refractivity contribution in [1.82, 2.24) is 60.9 Å². The molecule has 0 aliphatic carbocycles. The van der Waals surface area contributed by atoms with Crippen molar-refractivity contribution < 1.29 is 77.9 Å². The van der Waals surface area contributed by atoms with Gasteiger partial charge in [-0.3, -0.25) is 52.7 Å². The molecule has 0 radical (unpaired) electrons. The fourth-order valence-electron chi connectivity index (χ4n) is 11.5. The molecule has 1 heterocycles. The molecular formula is C68H122N12O16. The van der Waals surface area contributed by atoms with E-state index in [1.165, 1.54) is 89.7 Å². The smallest absolute Gasteiger partial charge is 0.246 e. The maximum atomic E-state index is 15.2. The van der Waals surface area contributed by atoms with Gasteiger partial charge in [0.1, 0.15) is 60.4 Å². The fraction of sp³-hybridized carbons (Fsp3) is 0.779. The zero-order chi connectivity index (χ0) is 74.1. The van der Waals surface area contributed by atoms with E-state index < -0.39 is 187 Å². The Morgan fingerprint density at radius 1 is 0.521 bits per heavy atom. The molecule has 1 saturated heterocycles.